The molecule has 0 spiro atoms. The van der Waals surface area contributed by atoms with Gasteiger partial charge < -0.3 is 14.8 Å². The van der Waals surface area contributed by atoms with Crippen LogP contribution in [0, 0.1) is 0 Å². The number of hydrogen-bond acceptors (Lipinski definition) is 3. The highest BCUT2D eigenvalue weighted by Gasteiger charge is 2.16. The molecule has 1 unspecified atom stereocenters. The largest absolute Gasteiger partial charge is 0.382 e. The second-order valence-electron chi connectivity index (χ2n) is 5.13. The summed E-state index contributed by atoms with van der Waals surface area (Å²) in [5.41, 5.74) is 4.36. The van der Waals surface area contributed by atoms with Crippen molar-refractivity contribution < 1.29 is 9.47 Å². The SMILES string of the molecule is c1cc2c(c(NCC3CCOCO3)c1)CCCC2. The lowest BCUT2D eigenvalue weighted by molar-refractivity contribution is -0.133. The fraction of sp³-hybridized carbons (Fsp3) is 0.600. The maximum Gasteiger partial charge on any atom is 0.147 e. The summed E-state index contributed by atoms with van der Waals surface area (Å²) in [7, 11) is 0. The molecular weight excluding hydrogens is 226 g/mol. The minimum atomic E-state index is 0.290. The van der Waals surface area contributed by atoms with Crippen molar-refractivity contribution in [2.45, 2.75) is 38.2 Å². The van der Waals surface area contributed by atoms with Crippen molar-refractivity contribution in [3.8, 4) is 0 Å². The fourth-order valence-corrected chi connectivity index (χ4v) is 2.83. The van der Waals surface area contributed by atoms with Crippen LogP contribution in [0.2, 0.25) is 0 Å². The maximum absolute atomic E-state index is 5.56. The van der Waals surface area contributed by atoms with Crippen LogP contribution < -0.4 is 5.32 Å². The maximum atomic E-state index is 5.56. The molecule has 3 heteroatoms. The summed E-state index contributed by atoms with van der Waals surface area (Å²) >= 11 is 0. The van der Waals surface area contributed by atoms with E-state index in [1.54, 1.807) is 0 Å². The van der Waals surface area contributed by atoms with E-state index < -0.39 is 0 Å². The molecule has 3 rings (SSSR count). The van der Waals surface area contributed by atoms with Gasteiger partial charge >= 0.3 is 0 Å². The minimum Gasteiger partial charge on any atom is -0.382 e. The highest BCUT2D eigenvalue weighted by atomic mass is 16.7. The van der Waals surface area contributed by atoms with Gasteiger partial charge in [0, 0.05) is 12.2 Å². The zero-order chi connectivity index (χ0) is 12.2. The molecule has 3 nitrogen and oxygen atoms in total. The highest BCUT2D eigenvalue weighted by molar-refractivity contribution is 5.55. The van der Waals surface area contributed by atoms with Crippen molar-refractivity contribution in [3.05, 3.63) is 29.3 Å². The predicted octanol–water partition coefficient (Wildman–Crippen LogP) is 2.74. The van der Waals surface area contributed by atoms with Gasteiger partial charge in [0.15, 0.2) is 0 Å². The first-order chi connectivity index (χ1) is 8.93. The normalized spacial score (nSPS) is 23.4. The van der Waals surface area contributed by atoms with Gasteiger partial charge in [0.25, 0.3) is 0 Å². The molecule has 1 aliphatic carbocycles. The van der Waals surface area contributed by atoms with Crippen LogP contribution in [0.5, 0.6) is 0 Å². The summed E-state index contributed by atoms with van der Waals surface area (Å²) in [6.45, 7) is 2.15. The van der Waals surface area contributed by atoms with E-state index in [0.717, 1.165) is 19.6 Å². The number of rotatable bonds is 3. The lowest BCUT2D eigenvalue weighted by atomic mass is 9.90. The van der Waals surface area contributed by atoms with E-state index in [1.807, 2.05) is 0 Å². The number of ether oxygens (including phenoxy) is 2. The Hall–Kier alpha value is -1.06. The second kappa shape index (κ2) is 5.72. The number of benzene rings is 1. The number of hydrogen-bond donors (Lipinski definition) is 1. The van der Waals surface area contributed by atoms with Gasteiger partial charge in [-0.15, -0.1) is 0 Å². The number of anilines is 1. The summed E-state index contributed by atoms with van der Waals surface area (Å²) in [6, 6.07) is 6.63. The minimum absolute atomic E-state index is 0.290. The second-order valence-corrected chi connectivity index (χ2v) is 5.13. The number of nitrogens with one attached hydrogen (secondary N) is 1. The molecule has 1 saturated heterocycles. The molecule has 1 fully saturated rings. The van der Waals surface area contributed by atoms with Gasteiger partial charge in [-0.05, 0) is 49.3 Å². The Balaban J connectivity index is 1.65. The molecule has 1 atom stereocenters. The van der Waals surface area contributed by atoms with Gasteiger partial charge in [0.2, 0.25) is 0 Å². The molecule has 1 aromatic rings. The Morgan fingerprint density at radius 1 is 1.22 bits per heavy atom. The van der Waals surface area contributed by atoms with Crippen molar-refractivity contribution in [1.82, 2.24) is 0 Å². The Bertz CT molecular complexity index is 399. The van der Waals surface area contributed by atoms with Crippen LogP contribution in [0.15, 0.2) is 18.2 Å². The monoisotopic (exact) mass is 247 g/mol. The van der Waals surface area contributed by atoms with Crippen LogP contribution in [0.3, 0.4) is 0 Å². The van der Waals surface area contributed by atoms with Gasteiger partial charge in [-0.25, -0.2) is 0 Å². The molecule has 0 radical (unpaired) electrons. The summed E-state index contributed by atoms with van der Waals surface area (Å²) < 4.78 is 10.8. The molecule has 0 aromatic heterocycles. The van der Waals surface area contributed by atoms with Gasteiger partial charge in [0.1, 0.15) is 6.79 Å². The molecular formula is C15H21NO2. The molecule has 0 bridgehead atoms. The topological polar surface area (TPSA) is 30.5 Å². The van der Waals surface area contributed by atoms with Crippen LogP contribution in [0.1, 0.15) is 30.4 Å². The van der Waals surface area contributed by atoms with E-state index in [9.17, 15) is 0 Å². The van der Waals surface area contributed by atoms with Crippen LogP contribution >= 0.6 is 0 Å². The Morgan fingerprint density at radius 3 is 3.06 bits per heavy atom. The molecule has 98 valence electrons. The van der Waals surface area contributed by atoms with E-state index in [4.69, 9.17) is 9.47 Å². The van der Waals surface area contributed by atoms with Gasteiger partial charge in [-0.1, -0.05) is 12.1 Å². The first kappa shape index (κ1) is 12.0. The molecule has 2 aliphatic rings. The Morgan fingerprint density at radius 2 is 2.17 bits per heavy atom. The third kappa shape index (κ3) is 2.68. The first-order valence-electron chi connectivity index (χ1n) is 6.97. The zero-order valence-corrected chi connectivity index (χ0v) is 10.8. The summed E-state index contributed by atoms with van der Waals surface area (Å²) in [4.78, 5) is 0. The Labute approximate surface area is 108 Å². The van der Waals surface area contributed by atoms with E-state index in [1.165, 1.54) is 42.5 Å². The highest BCUT2D eigenvalue weighted by Crippen LogP contribution is 2.27. The standard InChI is InChI=1S/C15H21NO2/c1-2-6-14-12(4-1)5-3-7-15(14)16-10-13-8-9-17-11-18-13/h3,5,7,13,16H,1-2,4,6,8-11H2. The van der Waals surface area contributed by atoms with Crippen molar-refractivity contribution >= 4 is 5.69 Å². The number of aryl methyl sites for hydroxylation is 1. The number of fused-ring (bicyclic) bond motifs is 1. The average Bonchev–Trinajstić information content (AvgIpc) is 2.46. The van der Waals surface area contributed by atoms with Crippen molar-refractivity contribution in [2.75, 3.05) is 25.3 Å². The lowest BCUT2D eigenvalue weighted by Crippen LogP contribution is -2.30. The van der Waals surface area contributed by atoms with Crippen LogP contribution in [-0.4, -0.2) is 26.0 Å². The summed E-state index contributed by atoms with van der Waals surface area (Å²) in [6.07, 6.45) is 6.38. The lowest BCUT2D eigenvalue weighted by Gasteiger charge is -2.25. The van der Waals surface area contributed by atoms with Gasteiger partial charge in [0.05, 0.1) is 12.7 Å². The van der Waals surface area contributed by atoms with Gasteiger partial charge in [-0.2, -0.15) is 0 Å². The third-order valence-electron chi connectivity index (χ3n) is 3.89. The van der Waals surface area contributed by atoms with Crippen molar-refractivity contribution in [3.63, 3.8) is 0 Å². The van der Waals surface area contributed by atoms with Gasteiger partial charge in [-0.3, -0.25) is 0 Å². The van der Waals surface area contributed by atoms with E-state index in [0.29, 0.717) is 6.79 Å². The smallest absolute Gasteiger partial charge is 0.147 e. The Kier molecular flexibility index (Phi) is 3.81. The molecule has 0 amide bonds. The van der Waals surface area contributed by atoms with E-state index in [-0.39, 0.29) is 6.10 Å². The molecule has 0 saturated carbocycles. The molecule has 1 N–H and O–H groups in total. The van der Waals surface area contributed by atoms with Crippen LogP contribution in [-0.2, 0) is 22.3 Å². The van der Waals surface area contributed by atoms with E-state index >= 15 is 0 Å². The summed E-state index contributed by atoms with van der Waals surface area (Å²) in [5, 5.41) is 3.56. The van der Waals surface area contributed by atoms with Crippen LogP contribution in [0.25, 0.3) is 0 Å². The molecule has 1 heterocycles. The van der Waals surface area contributed by atoms with Crippen LogP contribution in [0.4, 0.5) is 5.69 Å². The van der Waals surface area contributed by atoms with E-state index in [2.05, 4.69) is 23.5 Å². The molecule has 1 aromatic carbocycles. The average molecular weight is 247 g/mol. The fourth-order valence-electron chi connectivity index (χ4n) is 2.83. The van der Waals surface area contributed by atoms with Crippen molar-refractivity contribution in [1.29, 1.82) is 0 Å². The summed E-state index contributed by atoms with van der Waals surface area (Å²) in [5.74, 6) is 0. The van der Waals surface area contributed by atoms with Crippen molar-refractivity contribution in [2.24, 2.45) is 0 Å². The predicted molar refractivity (Wildman–Crippen MR) is 71.9 cm³/mol. The first-order valence-corrected chi connectivity index (χ1v) is 6.97. The molecule has 1 aliphatic heterocycles. The third-order valence-corrected chi connectivity index (χ3v) is 3.89. The quantitative estimate of drug-likeness (QED) is 0.891. The molecule has 18 heavy (non-hydrogen) atoms. The zero-order valence-electron chi connectivity index (χ0n) is 10.8.